The Hall–Kier alpha value is -3.57. The Bertz CT molecular complexity index is 1430. The fourth-order valence-corrected chi connectivity index (χ4v) is 6.73. The molecule has 5 aromatic carbocycles. The maximum atomic E-state index is 9.77. The normalized spacial score (nSPS) is 10.3. The summed E-state index contributed by atoms with van der Waals surface area (Å²) in [7, 11) is -0.877. The fraction of sp³-hybridized carbons (Fsp3) is 0. The first-order chi connectivity index (χ1) is 17.8. The van der Waals surface area contributed by atoms with Crippen LogP contribution in [-0.4, -0.2) is 10.1 Å². The van der Waals surface area contributed by atoms with Gasteiger partial charge in [-0.3, -0.25) is 4.98 Å². The van der Waals surface area contributed by atoms with Crippen molar-refractivity contribution in [1.29, 1.82) is 0 Å². The van der Waals surface area contributed by atoms with Crippen LogP contribution >= 0.6 is 7.92 Å². The monoisotopic (exact) mass is 678 g/mol. The first-order valence-electron chi connectivity index (χ1n) is 11.9. The van der Waals surface area contributed by atoms with Crippen molar-refractivity contribution < 1.29 is 26.2 Å². The van der Waals surface area contributed by atoms with Crippen LogP contribution < -0.4 is 15.9 Å². The maximum absolute atomic E-state index is 9.77. The fourth-order valence-electron chi connectivity index (χ4n) is 4.15. The van der Waals surface area contributed by atoms with Crippen molar-refractivity contribution in [2.75, 3.05) is 0 Å². The number of rotatable bonds is 4. The van der Waals surface area contributed by atoms with Crippen molar-refractivity contribution in [2.45, 2.75) is 0 Å². The average Bonchev–Trinajstić information content (AvgIpc) is 2.96. The molecular weight excluding hydrogens is 652 g/mol. The molecule has 0 atom stereocenters. The molecule has 37 heavy (non-hydrogen) atoms. The van der Waals surface area contributed by atoms with Crippen LogP contribution in [0.2, 0.25) is 0 Å². The molecule has 1 aromatic heterocycles. The van der Waals surface area contributed by atoms with Gasteiger partial charge in [0, 0.05) is 26.5 Å². The van der Waals surface area contributed by atoms with Crippen molar-refractivity contribution in [3.05, 3.63) is 152 Å². The SMILES string of the molecule is Oc1cccc2ccc(-c3[c-]cccc3)nc12.[Pt].c1ccc([PH+](c2ccccc2)c2ccccc2)cc1. The summed E-state index contributed by atoms with van der Waals surface area (Å²) < 4.78 is 0. The molecule has 1 N–H and O–H groups in total. The number of fused-ring (bicyclic) bond motifs is 1. The predicted octanol–water partition coefficient (Wildman–Crippen LogP) is 6.58. The van der Waals surface area contributed by atoms with Crippen LogP contribution in [0.25, 0.3) is 22.2 Å². The number of para-hydroxylation sites is 1. The molecule has 4 heteroatoms. The largest absolute Gasteiger partial charge is 0.506 e. The van der Waals surface area contributed by atoms with Gasteiger partial charge in [-0.25, -0.2) is 0 Å². The van der Waals surface area contributed by atoms with Crippen LogP contribution in [0.15, 0.2) is 146 Å². The number of nitrogens with zero attached hydrogens (tertiary/aromatic N) is 1. The summed E-state index contributed by atoms with van der Waals surface area (Å²) in [5.74, 6) is 0.209. The molecule has 0 saturated heterocycles. The summed E-state index contributed by atoms with van der Waals surface area (Å²) in [6.45, 7) is 0. The van der Waals surface area contributed by atoms with Gasteiger partial charge in [0.15, 0.2) is 0 Å². The van der Waals surface area contributed by atoms with Crippen LogP contribution in [0.5, 0.6) is 5.75 Å². The van der Waals surface area contributed by atoms with E-state index in [2.05, 4.69) is 102 Å². The second-order valence-electron chi connectivity index (χ2n) is 8.29. The summed E-state index contributed by atoms with van der Waals surface area (Å²) in [6.07, 6.45) is 0. The van der Waals surface area contributed by atoms with E-state index in [0.717, 1.165) is 16.6 Å². The summed E-state index contributed by atoms with van der Waals surface area (Å²) in [5, 5.41) is 15.0. The molecule has 0 bridgehead atoms. The van der Waals surface area contributed by atoms with Gasteiger partial charge in [0.05, 0.1) is 7.92 Å². The van der Waals surface area contributed by atoms with E-state index in [0.29, 0.717) is 5.52 Å². The molecule has 0 aliphatic rings. The van der Waals surface area contributed by atoms with E-state index in [-0.39, 0.29) is 26.8 Å². The molecule has 1 heterocycles. The molecular formula is C33H26NOPPt. The van der Waals surface area contributed by atoms with Crippen molar-refractivity contribution >= 4 is 34.7 Å². The standard InChI is InChI=1S/C18H15P.C15H10NO.Pt/c1-4-10-16(11-5-1)19(17-12-6-2-7-13-17)18-14-8-3-9-15-18;17-14-8-4-7-12-9-10-13(16-15(12)14)11-5-2-1-3-6-11;/h1-15H;1-5,7-10,17H;/q;-1;/p+1. The van der Waals surface area contributed by atoms with Gasteiger partial charge in [-0.15, -0.1) is 35.9 Å². The number of aromatic nitrogens is 1. The zero-order chi connectivity index (χ0) is 24.6. The number of phenolic OH excluding ortho intramolecular Hbond substituents is 1. The van der Waals surface area contributed by atoms with Gasteiger partial charge in [-0.1, -0.05) is 78.9 Å². The van der Waals surface area contributed by atoms with Gasteiger partial charge in [-0.2, -0.15) is 0 Å². The molecule has 184 valence electrons. The van der Waals surface area contributed by atoms with Crippen molar-refractivity contribution in [2.24, 2.45) is 0 Å². The van der Waals surface area contributed by atoms with E-state index >= 15 is 0 Å². The average molecular weight is 679 g/mol. The molecule has 2 nitrogen and oxygen atoms in total. The Morgan fingerprint density at radius 1 is 0.541 bits per heavy atom. The molecule has 0 fully saturated rings. The van der Waals surface area contributed by atoms with E-state index in [1.165, 1.54) is 15.9 Å². The summed E-state index contributed by atoms with van der Waals surface area (Å²) in [4.78, 5) is 4.46. The Kier molecular flexibility index (Phi) is 9.39. The van der Waals surface area contributed by atoms with Gasteiger partial charge in [0.1, 0.15) is 27.2 Å². The van der Waals surface area contributed by atoms with E-state index in [4.69, 9.17) is 0 Å². The number of pyridine rings is 1. The van der Waals surface area contributed by atoms with E-state index in [1.54, 1.807) is 6.07 Å². The van der Waals surface area contributed by atoms with Crippen LogP contribution in [0.4, 0.5) is 0 Å². The minimum Gasteiger partial charge on any atom is -0.506 e. The topological polar surface area (TPSA) is 33.1 Å². The van der Waals surface area contributed by atoms with Crippen LogP contribution in [0, 0.1) is 6.07 Å². The summed E-state index contributed by atoms with van der Waals surface area (Å²) in [6, 6.07) is 52.6. The Balaban J connectivity index is 0.000000169. The quantitative estimate of drug-likeness (QED) is 0.169. The van der Waals surface area contributed by atoms with Crippen molar-refractivity contribution in [1.82, 2.24) is 4.98 Å². The van der Waals surface area contributed by atoms with Gasteiger partial charge < -0.3 is 5.11 Å². The molecule has 0 spiro atoms. The zero-order valence-corrected chi connectivity index (χ0v) is 23.3. The molecule has 0 radical (unpaired) electrons. The van der Waals surface area contributed by atoms with Crippen LogP contribution in [-0.2, 0) is 21.1 Å². The van der Waals surface area contributed by atoms with Gasteiger partial charge in [0.2, 0.25) is 0 Å². The minimum atomic E-state index is -0.877. The van der Waals surface area contributed by atoms with E-state index < -0.39 is 7.92 Å². The predicted molar refractivity (Wildman–Crippen MR) is 154 cm³/mol. The second kappa shape index (κ2) is 13.1. The van der Waals surface area contributed by atoms with Crippen LogP contribution in [0.3, 0.4) is 0 Å². The third-order valence-corrected chi connectivity index (χ3v) is 8.60. The van der Waals surface area contributed by atoms with E-state index in [1.807, 2.05) is 48.5 Å². The Morgan fingerprint density at radius 3 is 1.59 bits per heavy atom. The van der Waals surface area contributed by atoms with Gasteiger partial charge in [0.25, 0.3) is 0 Å². The summed E-state index contributed by atoms with van der Waals surface area (Å²) in [5.41, 5.74) is 2.37. The molecule has 0 unspecified atom stereocenters. The van der Waals surface area contributed by atoms with Gasteiger partial charge >= 0.3 is 0 Å². The number of hydrogen-bond donors (Lipinski definition) is 1. The molecule has 0 saturated carbocycles. The smallest absolute Gasteiger partial charge is 0.140 e. The molecule has 0 aliphatic carbocycles. The molecule has 0 aliphatic heterocycles. The Morgan fingerprint density at radius 2 is 1.08 bits per heavy atom. The molecule has 6 aromatic rings. The summed E-state index contributed by atoms with van der Waals surface area (Å²) >= 11 is 0. The van der Waals surface area contributed by atoms with Crippen molar-refractivity contribution in [3.8, 4) is 17.0 Å². The minimum absolute atomic E-state index is 0. The molecule has 0 amide bonds. The number of aromatic hydroxyl groups is 1. The first-order valence-corrected chi connectivity index (χ1v) is 13.4. The first kappa shape index (κ1) is 26.5. The Labute approximate surface area is 233 Å². The third kappa shape index (κ3) is 6.60. The second-order valence-corrected chi connectivity index (χ2v) is 10.8. The van der Waals surface area contributed by atoms with E-state index in [9.17, 15) is 5.11 Å². The number of phenols is 1. The van der Waals surface area contributed by atoms with Crippen molar-refractivity contribution in [3.63, 3.8) is 0 Å². The van der Waals surface area contributed by atoms with Gasteiger partial charge in [-0.05, 0) is 48.2 Å². The zero-order valence-electron chi connectivity index (χ0n) is 20.1. The molecule has 6 rings (SSSR count). The van der Waals surface area contributed by atoms with Crippen LogP contribution in [0.1, 0.15) is 0 Å². The third-order valence-electron chi connectivity index (χ3n) is 5.87. The maximum Gasteiger partial charge on any atom is 0.140 e. The number of hydrogen-bond acceptors (Lipinski definition) is 2. The number of benzene rings is 5.